The van der Waals surface area contributed by atoms with Gasteiger partial charge in [-0.1, -0.05) is 5.92 Å². The Kier molecular flexibility index (Phi) is 21.7. The Labute approximate surface area is 161 Å². The number of methoxy groups -OCH3 is 1. The Balaban J connectivity index is 3.01. The van der Waals surface area contributed by atoms with E-state index in [0.717, 1.165) is 0 Å². The van der Waals surface area contributed by atoms with Crippen molar-refractivity contribution >= 4 is 5.97 Å². The van der Waals surface area contributed by atoms with Gasteiger partial charge in [0, 0.05) is 0 Å². The first-order valence-corrected chi connectivity index (χ1v) is 8.85. The van der Waals surface area contributed by atoms with Gasteiger partial charge < -0.3 is 37.9 Å². The van der Waals surface area contributed by atoms with Gasteiger partial charge in [-0.15, -0.1) is 6.42 Å². The number of ether oxygens (including phenoxy) is 8. The smallest absolute Gasteiger partial charge is 0.331 e. The Morgan fingerprint density at radius 3 is 1.30 bits per heavy atom. The van der Waals surface area contributed by atoms with Crippen molar-refractivity contribution in [3.05, 3.63) is 0 Å². The van der Waals surface area contributed by atoms with Crippen molar-refractivity contribution in [3.63, 3.8) is 0 Å². The Morgan fingerprint density at radius 2 is 0.963 bits per heavy atom. The summed E-state index contributed by atoms with van der Waals surface area (Å²) in [6, 6.07) is 0. The molecule has 0 heterocycles. The lowest BCUT2D eigenvalue weighted by Gasteiger charge is -2.08. The summed E-state index contributed by atoms with van der Waals surface area (Å²) < 4.78 is 41.2. The van der Waals surface area contributed by atoms with Gasteiger partial charge in [0.25, 0.3) is 0 Å². The van der Waals surface area contributed by atoms with E-state index in [2.05, 4.69) is 10.7 Å². The maximum Gasteiger partial charge on any atom is 0.331 e. The van der Waals surface area contributed by atoms with E-state index in [0.29, 0.717) is 85.9 Å². The molecule has 0 amide bonds. The van der Waals surface area contributed by atoms with E-state index in [1.165, 1.54) is 7.11 Å². The van der Waals surface area contributed by atoms with Crippen molar-refractivity contribution in [3.8, 4) is 12.3 Å². The lowest BCUT2D eigenvalue weighted by molar-refractivity contribution is -0.146. The third kappa shape index (κ3) is 22.7. The molecule has 9 heteroatoms. The van der Waals surface area contributed by atoms with E-state index in [1.807, 2.05) is 0 Å². The van der Waals surface area contributed by atoms with Crippen LogP contribution in [0.4, 0.5) is 0 Å². The van der Waals surface area contributed by atoms with Crippen LogP contribution in [0.5, 0.6) is 0 Å². The molecule has 0 aliphatic rings. The van der Waals surface area contributed by atoms with Crippen LogP contribution in [0.1, 0.15) is 0 Å². The van der Waals surface area contributed by atoms with E-state index in [-0.39, 0.29) is 6.61 Å². The topological polar surface area (TPSA) is 90.9 Å². The minimum absolute atomic E-state index is 0.0629. The van der Waals surface area contributed by atoms with Crippen LogP contribution in [0.25, 0.3) is 0 Å². The summed E-state index contributed by atoms with van der Waals surface area (Å²) in [5.74, 6) is 1.98. The van der Waals surface area contributed by atoms with Gasteiger partial charge in [0.05, 0.1) is 86.4 Å². The zero-order valence-electron chi connectivity index (χ0n) is 16.2. The molecular formula is C18H32O9. The van der Waals surface area contributed by atoms with E-state index >= 15 is 0 Å². The predicted octanol–water partition coefficient (Wildman–Crippen LogP) is -0.0912. The van der Waals surface area contributed by atoms with Crippen LogP contribution in [0.3, 0.4) is 0 Å². The summed E-state index contributed by atoms with van der Waals surface area (Å²) in [5, 5.41) is 0. The normalized spacial score (nSPS) is 10.7. The summed E-state index contributed by atoms with van der Waals surface area (Å²) >= 11 is 0. The highest BCUT2D eigenvalue weighted by molar-refractivity contribution is 5.70. The summed E-state index contributed by atoms with van der Waals surface area (Å²) in [4.78, 5) is 10.8. The molecule has 0 aromatic carbocycles. The number of rotatable bonds is 21. The fraction of sp³-hybridized carbons (Fsp3) is 0.833. The highest BCUT2D eigenvalue weighted by atomic mass is 16.6. The minimum Gasteiger partial charge on any atom is -0.467 e. The quantitative estimate of drug-likeness (QED) is 0.151. The fourth-order valence-electron chi connectivity index (χ4n) is 1.56. The molecular weight excluding hydrogens is 360 g/mol. The zero-order chi connectivity index (χ0) is 19.8. The maximum atomic E-state index is 10.8. The molecule has 27 heavy (non-hydrogen) atoms. The van der Waals surface area contributed by atoms with E-state index < -0.39 is 5.97 Å². The van der Waals surface area contributed by atoms with Crippen molar-refractivity contribution in [2.75, 3.05) is 99.6 Å². The summed E-state index contributed by atoms with van der Waals surface area (Å²) in [7, 11) is 1.31. The molecule has 0 fully saturated rings. The van der Waals surface area contributed by atoms with Crippen LogP contribution in [-0.4, -0.2) is 106 Å². The Bertz CT molecular complexity index is 357. The molecule has 0 aliphatic carbocycles. The molecule has 0 aromatic heterocycles. The first-order chi connectivity index (χ1) is 13.3. The maximum absolute atomic E-state index is 10.8. The standard InChI is InChI=1S/C18H32O9/c1-3-4-21-5-6-22-7-8-23-9-10-24-11-12-25-13-14-26-15-16-27-17-18(19)20-2/h1H,4-17H2,2H3. The van der Waals surface area contributed by atoms with Crippen LogP contribution in [0.15, 0.2) is 0 Å². The van der Waals surface area contributed by atoms with Gasteiger partial charge in [-0.25, -0.2) is 4.79 Å². The number of hydrogen-bond acceptors (Lipinski definition) is 9. The largest absolute Gasteiger partial charge is 0.467 e. The molecule has 0 radical (unpaired) electrons. The van der Waals surface area contributed by atoms with Crippen molar-refractivity contribution < 1.29 is 42.7 Å². The van der Waals surface area contributed by atoms with Crippen molar-refractivity contribution in [1.29, 1.82) is 0 Å². The van der Waals surface area contributed by atoms with Crippen LogP contribution >= 0.6 is 0 Å². The molecule has 0 rings (SSSR count). The summed E-state index contributed by atoms with van der Waals surface area (Å²) in [5.41, 5.74) is 0. The first-order valence-electron chi connectivity index (χ1n) is 8.85. The second-order valence-electron chi connectivity index (χ2n) is 4.95. The molecule has 0 saturated carbocycles. The molecule has 0 bridgehead atoms. The molecule has 0 unspecified atom stereocenters. The van der Waals surface area contributed by atoms with Crippen LogP contribution < -0.4 is 0 Å². The number of carbonyl (C=O) groups excluding carboxylic acids is 1. The molecule has 0 aromatic rings. The molecule has 9 nitrogen and oxygen atoms in total. The molecule has 158 valence electrons. The van der Waals surface area contributed by atoms with E-state index in [4.69, 9.17) is 39.6 Å². The molecule has 0 atom stereocenters. The Morgan fingerprint density at radius 1 is 0.630 bits per heavy atom. The third-order valence-electron chi connectivity index (χ3n) is 2.87. The predicted molar refractivity (Wildman–Crippen MR) is 96.6 cm³/mol. The van der Waals surface area contributed by atoms with Gasteiger partial charge in [0.2, 0.25) is 0 Å². The van der Waals surface area contributed by atoms with Gasteiger partial charge in [0.1, 0.15) is 13.2 Å². The van der Waals surface area contributed by atoms with Crippen molar-refractivity contribution in [1.82, 2.24) is 0 Å². The van der Waals surface area contributed by atoms with Gasteiger partial charge >= 0.3 is 5.97 Å². The zero-order valence-corrected chi connectivity index (χ0v) is 16.2. The fourth-order valence-corrected chi connectivity index (χ4v) is 1.56. The van der Waals surface area contributed by atoms with Gasteiger partial charge in [-0.05, 0) is 0 Å². The Hall–Kier alpha value is -1.25. The lowest BCUT2D eigenvalue weighted by atomic mass is 10.6. The second kappa shape index (κ2) is 22.8. The average molecular weight is 392 g/mol. The highest BCUT2D eigenvalue weighted by Crippen LogP contribution is 1.85. The number of esters is 1. The summed E-state index contributed by atoms with van der Waals surface area (Å²) in [6.07, 6.45) is 5.04. The van der Waals surface area contributed by atoms with Crippen LogP contribution in [-0.2, 0) is 42.7 Å². The lowest BCUT2D eigenvalue weighted by Crippen LogP contribution is -2.15. The second-order valence-corrected chi connectivity index (χ2v) is 4.95. The number of carbonyl (C=O) groups is 1. The van der Waals surface area contributed by atoms with Crippen molar-refractivity contribution in [2.24, 2.45) is 0 Å². The molecule has 0 aliphatic heterocycles. The van der Waals surface area contributed by atoms with Gasteiger partial charge in [0.15, 0.2) is 0 Å². The SMILES string of the molecule is C#CCOCCOCCOCCOCCOCCOCCOCC(=O)OC. The molecule has 0 spiro atoms. The monoisotopic (exact) mass is 392 g/mol. The summed E-state index contributed by atoms with van der Waals surface area (Å²) in [6.45, 7) is 5.91. The van der Waals surface area contributed by atoms with Gasteiger partial charge in [-0.2, -0.15) is 0 Å². The van der Waals surface area contributed by atoms with Crippen molar-refractivity contribution in [2.45, 2.75) is 0 Å². The van der Waals surface area contributed by atoms with Gasteiger partial charge in [-0.3, -0.25) is 0 Å². The number of terminal acetylenes is 1. The molecule has 0 N–H and O–H groups in total. The highest BCUT2D eigenvalue weighted by Gasteiger charge is 1.99. The van der Waals surface area contributed by atoms with Crippen LogP contribution in [0.2, 0.25) is 0 Å². The van der Waals surface area contributed by atoms with E-state index in [9.17, 15) is 4.79 Å². The minimum atomic E-state index is -0.404. The third-order valence-corrected chi connectivity index (χ3v) is 2.87. The molecule has 0 saturated heterocycles. The number of hydrogen-bond donors (Lipinski definition) is 0. The van der Waals surface area contributed by atoms with E-state index in [1.54, 1.807) is 0 Å². The average Bonchev–Trinajstić information content (AvgIpc) is 2.68. The first kappa shape index (κ1) is 25.8. The van der Waals surface area contributed by atoms with Crippen LogP contribution in [0, 0.1) is 12.3 Å².